The van der Waals surface area contributed by atoms with Gasteiger partial charge < -0.3 is 4.98 Å². The van der Waals surface area contributed by atoms with Crippen LogP contribution in [0.2, 0.25) is 0 Å². The molecule has 3 aromatic rings. The number of fused-ring (bicyclic) bond motifs is 1. The van der Waals surface area contributed by atoms with Gasteiger partial charge in [-0.3, -0.25) is 4.57 Å². The molecule has 0 aliphatic carbocycles. The second kappa shape index (κ2) is 4.58. The molecule has 19 heavy (non-hydrogen) atoms. The Morgan fingerprint density at radius 1 is 1.21 bits per heavy atom. The van der Waals surface area contributed by atoms with Crippen LogP contribution in [0.1, 0.15) is 5.56 Å². The number of hydrogen-bond acceptors (Lipinski definition) is 1. The van der Waals surface area contributed by atoms with Gasteiger partial charge in [-0.05, 0) is 61.1 Å². The van der Waals surface area contributed by atoms with Crippen LogP contribution in [0.5, 0.6) is 0 Å². The van der Waals surface area contributed by atoms with E-state index in [1.165, 1.54) is 12.1 Å². The van der Waals surface area contributed by atoms with Crippen LogP contribution in [0.3, 0.4) is 0 Å². The van der Waals surface area contributed by atoms with Crippen LogP contribution < -0.4 is 0 Å². The lowest BCUT2D eigenvalue weighted by Crippen LogP contribution is -1.97. The summed E-state index contributed by atoms with van der Waals surface area (Å²) in [5, 5.41) is 0. The first-order valence-electron chi connectivity index (χ1n) is 5.73. The zero-order chi connectivity index (χ0) is 13.6. The lowest BCUT2D eigenvalue weighted by Gasteiger charge is -2.08. The third kappa shape index (κ3) is 2.13. The Morgan fingerprint density at radius 3 is 2.74 bits per heavy atom. The molecule has 0 radical (unpaired) electrons. The number of aromatic amines is 1. The highest BCUT2D eigenvalue weighted by atomic mass is 79.9. The van der Waals surface area contributed by atoms with E-state index in [0.717, 1.165) is 26.8 Å². The highest BCUT2D eigenvalue weighted by Gasteiger charge is 2.09. The molecular weight excluding hydrogens is 327 g/mol. The summed E-state index contributed by atoms with van der Waals surface area (Å²) in [7, 11) is 0. The van der Waals surface area contributed by atoms with Gasteiger partial charge in [-0.25, -0.2) is 4.39 Å². The molecule has 0 unspecified atom stereocenters. The monoisotopic (exact) mass is 336 g/mol. The maximum atomic E-state index is 13.2. The molecule has 1 N–H and O–H groups in total. The van der Waals surface area contributed by atoms with Crippen molar-refractivity contribution in [3.8, 4) is 5.69 Å². The van der Waals surface area contributed by atoms with Crippen LogP contribution in [0.15, 0.2) is 40.9 Å². The Hall–Kier alpha value is -1.46. The fraction of sp³-hybridized carbons (Fsp3) is 0.0714. The van der Waals surface area contributed by atoms with E-state index in [1.807, 2.05) is 29.7 Å². The standard InChI is InChI=1S/C14H10BrFN2S/c1-8-6-10(16)3-5-12(8)18-13-7-9(15)2-4-11(13)17-14(18)19/h2-7H,1H3,(H,17,19). The van der Waals surface area contributed by atoms with E-state index in [2.05, 4.69) is 20.9 Å². The number of H-pyrrole nitrogens is 1. The van der Waals surface area contributed by atoms with E-state index in [-0.39, 0.29) is 5.82 Å². The molecule has 3 rings (SSSR count). The van der Waals surface area contributed by atoms with Gasteiger partial charge in [0, 0.05) is 4.47 Å². The molecule has 0 bridgehead atoms. The summed E-state index contributed by atoms with van der Waals surface area (Å²) in [6.07, 6.45) is 0. The van der Waals surface area contributed by atoms with Crippen molar-refractivity contribution in [1.29, 1.82) is 0 Å². The first kappa shape index (κ1) is 12.6. The summed E-state index contributed by atoms with van der Waals surface area (Å²) in [5.41, 5.74) is 3.65. The van der Waals surface area contributed by atoms with Crippen molar-refractivity contribution in [3.63, 3.8) is 0 Å². The minimum absolute atomic E-state index is 0.242. The SMILES string of the molecule is Cc1cc(F)ccc1-n1c(=S)[nH]c2ccc(Br)cc21. The lowest BCUT2D eigenvalue weighted by atomic mass is 10.2. The van der Waals surface area contributed by atoms with E-state index >= 15 is 0 Å². The Balaban J connectivity index is 2.38. The summed E-state index contributed by atoms with van der Waals surface area (Å²) >= 11 is 8.83. The van der Waals surface area contributed by atoms with Crippen LogP contribution in [0, 0.1) is 17.5 Å². The zero-order valence-electron chi connectivity index (χ0n) is 10.1. The third-order valence-electron chi connectivity index (χ3n) is 3.05. The first-order chi connectivity index (χ1) is 9.06. The lowest BCUT2D eigenvalue weighted by molar-refractivity contribution is 0.626. The molecule has 5 heteroatoms. The molecule has 0 atom stereocenters. The Labute approximate surface area is 123 Å². The van der Waals surface area contributed by atoms with E-state index in [9.17, 15) is 4.39 Å². The number of benzene rings is 2. The Morgan fingerprint density at radius 2 is 2.00 bits per heavy atom. The Bertz CT molecular complexity index is 835. The molecule has 0 aliphatic heterocycles. The molecule has 0 saturated carbocycles. The van der Waals surface area contributed by atoms with Gasteiger partial charge in [0.05, 0.1) is 16.7 Å². The van der Waals surface area contributed by atoms with Crippen molar-refractivity contribution in [2.24, 2.45) is 0 Å². The smallest absolute Gasteiger partial charge is 0.182 e. The summed E-state index contributed by atoms with van der Waals surface area (Å²) < 4.78 is 16.7. The van der Waals surface area contributed by atoms with Crippen molar-refractivity contribution in [3.05, 3.63) is 57.0 Å². The van der Waals surface area contributed by atoms with Crippen LogP contribution in [0.25, 0.3) is 16.7 Å². The molecule has 0 aliphatic rings. The van der Waals surface area contributed by atoms with Crippen molar-refractivity contribution in [1.82, 2.24) is 9.55 Å². The van der Waals surface area contributed by atoms with Gasteiger partial charge in [0.25, 0.3) is 0 Å². The predicted molar refractivity (Wildman–Crippen MR) is 80.9 cm³/mol. The normalized spacial score (nSPS) is 11.1. The average Bonchev–Trinajstić information content (AvgIpc) is 2.65. The van der Waals surface area contributed by atoms with E-state index in [4.69, 9.17) is 12.2 Å². The van der Waals surface area contributed by atoms with Crippen molar-refractivity contribution < 1.29 is 4.39 Å². The van der Waals surface area contributed by atoms with E-state index in [0.29, 0.717) is 4.77 Å². The maximum Gasteiger partial charge on any atom is 0.182 e. The molecule has 1 heterocycles. The van der Waals surface area contributed by atoms with Gasteiger partial charge in [-0.2, -0.15) is 0 Å². The molecule has 2 aromatic carbocycles. The minimum atomic E-state index is -0.242. The van der Waals surface area contributed by atoms with Crippen LogP contribution in [-0.2, 0) is 0 Å². The summed E-state index contributed by atoms with van der Waals surface area (Å²) in [6, 6.07) is 10.6. The number of nitrogens with zero attached hydrogens (tertiary/aromatic N) is 1. The molecule has 0 amide bonds. The van der Waals surface area contributed by atoms with Crippen molar-refractivity contribution in [2.75, 3.05) is 0 Å². The number of rotatable bonds is 1. The van der Waals surface area contributed by atoms with Crippen molar-refractivity contribution >= 4 is 39.2 Å². The highest BCUT2D eigenvalue weighted by Crippen LogP contribution is 2.25. The second-order valence-corrected chi connectivity index (χ2v) is 5.66. The number of hydrogen-bond donors (Lipinski definition) is 1. The van der Waals surface area contributed by atoms with Gasteiger partial charge >= 0.3 is 0 Å². The predicted octanol–water partition coefficient (Wildman–Crippen LogP) is 4.90. The first-order valence-corrected chi connectivity index (χ1v) is 6.93. The summed E-state index contributed by atoms with van der Waals surface area (Å²) in [5.74, 6) is -0.242. The summed E-state index contributed by atoms with van der Waals surface area (Å²) in [4.78, 5) is 3.16. The molecule has 0 fully saturated rings. The highest BCUT2D eigenvalue weighted by molar-refractivity contribution is 9.10. The number of nitrogens with one attached hydrogen (secondary N) is 1. The zero-order valence-corrected chi connectivity index (χ0v) is 12.5. The quantitative estimate of drug-likeness (QED) is 0.627. The van der Waals surface area contributed by atoms with Crippen LogP contribution >= 0.6 is 28.1 Å². The van der Waals surface area contributed by atoms with Crippen molar-refractivity contribution in [2.45, 2.75) is 6.92 Å². The van der Waals surface area contributed by atoms with Gasteiger partial charge in [-0.15, -0.1) is 0 Å². The number of aromatic nitrogens is 2. The summed E-state index contributed by atoms with van der Waals surface area (Å²) in [6.45, 7) is 1.87. The number of aryl methyl sites for hydroxylation is 1. The van der Waals surface area contributed by atoms with Gasteiger partial charge in [0.2, 0.25) is 0 Å². The molecule has 0 saturated heterocycles. The second-order valence-electron chi connectivity index (χ2n) is 4.36. The molecule has 2 nitrogen and oxygen atoms in total. The van der Waals surface area contributed by atoms with Gasteiger partial charge in [0.1, 0.15) is 5.82 Å². The fourth-order valence-electron chi connectivity index (χ4n) is 2.18. The topological polar surface area (TPSA) is 20.7 Å². The van der Waals surface area contributed by atoms with Gasteiger partial charge in [-0.1, -0.05) is 15.9 Å². The van der Waals surface area contributed by atoms with Crippen LogP contribution in [-0.4, -0.2) is 9.55 Å². The maximum absolute atomic E-state index is 13.2. The van der Waals surface area contributed by atoms with Gasteiger partial charge in [0.15, 0.2) is 4.77 Å². The fourth-order valence-corrected chi connectivity index (χ4v) is 2.84. The van der Waals surface area contributed by atoms with E-state index < -0.39 is 0 Å². The van der Waals surface area contributed by atoms with Crippen LogP contribution in [0.4, 0.5) is 4.39 Å². The number of halogens is 2. The minimum Gasteiger partial charge on any atom is -0.330 e. The molecule has 1 aromatic heterocycles. The van der Waals surface area contributed by atoms with E-state index in [1.54, 1.807) is 6.07 Å². The largest absolute Gasteiger partial charge is 0.330 e. The molecular formula is C14H10BrFN2S. The third-order valence-corrected chi connectivity index (χ3v) is 3.82. The average molecular weight is 337 g/mol. The molecule has 0 spiro atoms. The number of imidazole rings is 1. The molecule has 96 valence electrons. The Kier molecular flexibility index (Phi) is 3.03.